The number of hydrogen-bond donors (Lipinski definition) is 3. The van der Waals surface area contributed by atoms with E-state index in [2.05, 4.69) is 25.7 Å². The van der Waals surface area contributed by atoms with Crippen LogP contribution in [-0.2, 0) is 9.59 Å². The summed E-state index contributed by atoms with van der Waals surface area (Å²) in [7, 11) is 0. The molecule has 27 heavy (non-hydrogen) atoms. The van der Waals surface area contributed by atoms with E-state index in [-0.39, 0.29) is 18.3 Å². The number of para-hydroxylation sites is 1. The summed E-state index contributed by atoms with van der Waals surface area (Å²) < 4.78 is 1.49. The Balaban J connectivity index is 0.00000102. The molecule has 0 radical (unpaired) electrons. The molecule has 2 aromatic heterocycles. The maximum absolute atomic E-state index is 11.7. The highest BCUT2D eigenvalue weighted by Crippen LogP contribution is 2.21. The molecule has 0 aliphatic carbocycles. The first kappa shape index (κ1) is 18.1. The number of imide groups is 1. The van der Waals surface area contributed by atoms with Crippen LogP contribution in [0.2, 0.25) is 0 Å². The van der Waals surface area contributed by atoms with Crippen molar-refractivity contribution in [3.63, 3.8) is 0 Å². The highest BCUT2D eigenvalue weighted by Gasteiger charge is 2.24. The van der Waals surface area contributed by atoms with Gasteiger partial charge in [-0.2, -0.15) is 19.6 Å². The number of fused-ring (bicyclic) bond motifs is 1. The Hall–Kier alpha value is -3.75. The van der Waals surface area contributed by atoms with E-state index in [1.807, 2.05) is 44.2 Å². The van der Waals surface area contributed by atoms with Gasteiger partial charge in [-0.15, -0.1) is 0 Å². The Morgan fingerprint density at radius 3 is 2.59 bits per heavy atom. The van der Waals surface area contributed by atoms with Crippen molar-refractivity contribution in [2.75, 3.05) is 11.1 Å². The van der Waals surface area contributed by atoms with E-state index in [1.54, 1.807) is 12.3 Å². The van der Waals surface area contributed by atoms with Crippen molar-refractivity contribution in [3.8, 4) is 0 Å². The van der Waals surface area contributed by atoms with Gasteiger partial charge in [0.1, 0.15) is 0 Å². The molecule has 1 fully saturated rings. The molecule has 0 atom stereocenters. The van der Waals surface area contributed by atoms with E-state index in [0.717, 1.165) is 5.69 Å². The first-order valence-corrected chi connectivity index (χ1v) is 8.48. The van der Waals surface area contributed by atoms with E-state index in [9.17, 15) is 9.59 Å². The van der Waals surface area contributed by atoms with Gasteiger partial charge in [-0.1, -0.05) is 32.0 Å². The minimum Gasteiger partial charge on any atom is -0.368 e. The molecule has 1 aromatic carbocycles. The van der Waals surface area contributed by atoms with Crippen molar-refractivity contribution < 1.29 is 9.59 Å². The summed E-state index contributed by atoms with van der Waals surface area (Å²) in [6, 6.07) is 9.44. The average Bonchev–Trinajstić information content (AvgIpc) is 3.21. The predicted octanol–water partition coefficient (Wildman–Crippen LogP) is 1.91. The number of nitrogen functional groups attached to an aromatic ring is 1. The maximum atomic E-state index is 11.7. The largest absolute Gasteiger partial charge is 0.368 e. The zero-order chi connectivity index (χ0) is 19.4. The predicted molar refractivity (Wildman–Crippen MR) is 102 cm³/mol. The number of hydrogen-bond acceptors (Lipinski definition) is 7. The lowest BCUT2D eigenvalue weighted by atomic mass is 10.1. The van der Waals surface area contributed by atoms with Gasteiger partial charge in [-0.25, -0.2) is 0 Å². The number of rotatable bonds is 3. The summed E-state index contributed by atoms with van der Waals surface area (Å²) >= 11 is 0. The van der Waals surface area contributed by atoms with Crippen molar-refractivity contribution in [1.29, 1.82) is 0 Å². The Labute approximate surface area is 155 Å². The van der Waals surface area contributed by atoms with Gasteiger partial charge < -0.3 is 11.1 Å². The van der Waals surface area contributed by atoms with Crippen LogP contribution in [0.1, 0.15) is 25.8 Å². The maximum Gasteiger partial charge on any atom is 0.254 e. The SMILES string of the molecule is CC.Nc1nc(Nc2ccccc2)n2ncc(/C=C3\CC(=O)NC3=O)c2n1. The van der Waals surface area contributed by atoms with Crippen molar-refractivity contribution in [1.82, 2.24) is 24.9 Å². The zero-order valence-electron chi connectivity index (χ0n) is 14.9. The molecule has 1 aliphatic heterocycles. The highest BCUT2D eigenvalue weighted by atomic mass is 16.2. The summed E-state index contributed by atoms with van der Waals surface area (Å²) in [5.41, 5.74) is 7.99. The molecule has 1 aliphatic rings. The monoisotopic (exact) mass is 365 g/mol. The van der Waals surface area contributed by atoms with Gasteiger partial charge in [0.2, 0.25) is 17.8 Å². The molecule has 138 valence electrons. The van der Waals surface area contributed by atoms with Gasteiger partial charge in [0.05, 0.1) is 12.6 Å². The van der Waals surface area contributed by atoms with Crippen LogP contribution in [0, 0.1) is 0 Å². The van der Waals surface area contributed by atoms with Crippen LogP contribution in [0.4, 0.5) is 17.6 Å². The summed E-state index contributed by atoms with van der Waals surface area (Å²) in [5.74, 6) is -0.273. The number of anilines is 3. The van der Waals surface area contributed by atoms with Crippen molar-refractivity contribution in [2.24, 2.45) is 0 Å². The standard InChI is InChI=1S/C16H13N7O2.C2H6/c17-15-21-13-10(6-9-7-12(24)20-14(9)25)8-18-23(13)16(22-15)19-11-4-2-1-3-5-11;1-2/h1-6,8H,7H2,(H,20,24,25)(H3,17,19,21,22);1-2H3/b9-6+;. The van der Waals surface area contributed by atoms with Crippen LogP contribution >= 0.6 is 0 Å². The zero-order valence-corrected chi connectivity index (χ0v) is 14.9. The summed E-state index contributed by atoms with van der Waals surface area (Å²) in [5, 5.41) is 9.62. The van der Waals surface area contributed by atoms with E-state index in [4.69, 9.17) is 5.73 Å². The van der Waals surface area contributed by atoms with Crippen LogP contribution in [0.3, 0.4) is 0 Å². The van der Waals surface area contributed by atoms with E-state index < -0.39 is 5.91 Å². The van der Waals surface area contributed by atoms with Gasteiger partial charge in [0.25, 0.3) is 5.91 Å². The van der Waals surface area contributed by atoms with Crippen molar-refractivity contribution >= 4 is 41.1 Å². The van der Waals surface area contributed by atoms with Gasteiger partial charge >= 0.3 is 0 Å². The molecule has 0 spiro atoms. The number of aromatic nitrogens is 4. The fourth-order valence-corrected chi connectivity index (χ4v) is 2.55. The van der Waals surface area contributed by atoms with Crippen LogP contribution in [-0.4, -0.2) is 31.4 Å². The smallest absolute Gasteiger partial charge is 0.254 e. The van der Waals surface area contributed by atoms with E-state index >= 15 is 0 Å². The third-order valence-electron chi connectivity index (χ3n) is 3.67. The second-order valence-electron chi connectivity index (χ2n) is 5.46. The number of carbonyl (C=O) groups excluding carboxylic acids is 2. The van der Waals surface area contributed by atoms with Crippen LogP contribution < -0.4 is 16.4 Å². The van der Waals surface area contributed by atoms with Crippen LogP contribution in [0.25, 0.3) is 11.7 Å². The average molecular weight is 365 g/mol. The number of benzene rings is 1. The third-order valence-corrected chi connectivity index (χ3v) is 3.67. The molecule has 2 amide bonds. The lowest BCUT2D eigenvalue weighted by molar-refractivity contribution is -0.124. The van der Waals surface area contributed by atoms with Crippen LogP contribution in [0.5, 0.6) is 0 Å². The second-order valence-corrected chi connectivity index (χ2v) is 5.46. The topological polar surface area (TPSA) is 127 Å². The molecule has 0 unspecified atom stereocenters. The number of nitrogens with one attached hydrogen (secondary N) is 2. The molecule has 1 saturated heterocycles. The number of nitrogens with two attached hydrogens (primary N) is 1. The van der Waals surface area contributed by atoms with E-state index in [0.29, 0.717) is 22.7 Å². The van der Waals surface area contributed by atoms with E-state index in [1.165, 1.54) is 4.52 Å². The van der Waals surface area contributed by atoms with Gasteiger partial charge in [0.15, 0.2) is 5.65 Å². The molecular formula is C18H19N7O2. The lowest BCUT2D eigenvalue weighted by Gasteiger charge is -2.07. The molecule has 4 rings (SSSR count). The molecule has 0 saturated carbocycles. The van der Waals surface area contributed by atoms with Crippen LogP contribution in [0.15, 0.2) is 42.1 Å². The lowest BCUT2D eigenvalue weighted by Crippen LogP contribution is -2.19. The molecule has 9 heteroatoms. The Bertz CT molecular complexity index is 1020. The Morgan fingerprint density at radius 1 is 1.19 bits per heavy atom. The Kier molecular flexibility index (Phi) is 5.11. The van der Waals surface area contributed by atoms with Crippen molar-refractivity contribution in [3.05, 3.63) is 47.7 Å². The minimum atomic E-state index is -0.408. The minimum absolute atomic E-state index is 0.0336. The quantitative estimate of drug-likeness (QED) is 0.478. The molecule has 9 nitrogen and oxygen atoms in total. The fourth-order valence-electron chi connectivity index (χ4n) is 2.55. The first-order valence-electron chi connectivity index (χ1n) is 8.48. The van der Waals surface area contributed by atoms with Gasteiger partial charge in [-0.3, -0.25) is 14.9 Å². The van der Waals surface area contributed by atoms with Crippen molar-refractivity contribution in [2.45, 2.75) is 20.3 Å². The van der Waals surface area contributed by atoms with Gasteiger partial charge in [0, 0.05) is 16.8 Å². The Morgan fingerprint density at radius 2 is 1.93 bits per heavy atom. The first-order chi connectivity index (χ1) is 13.1. The third kappa shape index (κ3) is 3.76. The second kappa shape index (κ2) is 7.65. The summed E-state index contributed by atoms with van der Waals surface area (Å²) in [6.45, 7) is 4.00. The fraction of sp³-hybridized carbons (Fsp3) is 0.167. The summed E-state index contributed by atoms with van der Waals surface area (Å²) in [6.07, 6.45) is 3.16. The molecular weight excluding hydrogens is 346 g/mol. The molecule has 3 heterocycles. The number of carbonyl (C=O) groups is 2. The molecule has 0 bridgehead atoms. The number of amides is 2. The summed E-state index contributed by atoms with van der Waals surface area (Å²) in [4.78, 5) is 31.4. The number of nitrogens with zero attached hydrogens (tertiary/aromatic N) is 4. The highest BCUT2D eigenvalue weighted by molar-refractivity contribution is 6.15. The van der Waals surface area contributed by atoms with Gasteiger partial charge in [-0.05, 0) is 18.2 Å². The molecule has 3 aromatic rings. The molecule has 4 N–H and O–H groups in total. The normalized spacial score (nSPS) is 14.8.